The normalized spacial score (nSPS) is 12.2. The van der Waals surface area contributed by atoms with Gasteiger partial charge in [-0.05, 0) is 25.5 Å². The Hall–Kier alpha value is -1.58. The van der Waals surface area contributed by atoms with E-state index in [1.807, 2.05) is 19.2 Å². The summed E-state index contributed by atoms with van der Waals surface area (Å²) in [5.74, 6) is 0.981. The molecule has 0 fully saturated rings. The summed E-state index contributed by atoms with van der Waals surface area (Å²) in [6.45, 7) is 4.36. The van der Waals surface area contributed by atoms with Crippen molar-refractivity contribution in [3.63, 3.8) is 0 Å². The lowest BCUT2D eigenvalue weighted by Gasteiger charge is -2.25. The van der Waals surface area contributed by atoms with E-state index in [0.717, 1.165) is 18.7 Å². The van der Waals surface area contributed by atoms with E-state index in [1.165, 1.54) is 0 Å². The lowest BCUT2D eigenvalue weighted by Crippen LogP contribution is -2.29. The van der Waals surface area contributed by atoms with Crippen molar-refractivity contribution in [1.82, 2.24) is 4.98 Å². The topological polar surface area (TPSA) is 66.0 Å². The SMILES string of the molecule is CCCC(C)N(C)c1ccc(C(=N)N)cn1. The summed E-state index contributed by atoms with van der Waals surface area (Å²) in [5.41, 5.74) is 6.04. The Morgan fingerprint density at radius 2 is 2.25 bits per heavy atom. The number of rotatable bonds is 5. The van der Waals surface area contributed by atoms with Crippen molar-refractivity contribution in [1.29, 1.82) is 5.41 Å². The summed E-state index contributed by atoms with van der Waals surface area (Å²) in [6.07, 6.45) is 3.95. The first-order valence-corrected chi connectivity index (χ1v) is 5.59. The van der Waals surface area contributed by atoms with Crippen LogP contribution in [0.5, 0.6) is 0 Å². The second-order valence-electron chi connectivity index (χ2n) is 4.07. The van der Waals surface area contributed by atoms with E-state index in [-0.39, 0.29) is 5.84 Å². The summed E-state index contributed by atoms with van der Waals surface area (Å²) < 4.78 is 0. The molecule has 1 aromatic heterocycles. The molecule has 1 unspecified atom stereocenters. The highest BCUT2D eigenvalue weighted by Crippen LogP contribution is 2.14. The van der Waals surface area contributed by atoms with E-state index in [2.05, 4.69) is 23.7 Å². The van der Waals surface area contributed by atoms with Gasteiger partial charge in [0.25, 0.3) is 0 Å². The molecule has 0 aliphatic carbocycles. The first-order chi connectivity index (χ1) is 7.56. The van der Waals surface area contributed by atoms with Crippen LogP contribution in [0, 0.1) is 5.41 Å². The Kier molecular flexibility index (Phi) is 4.28. The van der Waals surface area contributed by atoms with Crippen molar-refractivity contribution < 1.29 is 0 Å². The van der Waals surface area contributed by atoms with Gasteiger partial charge in [-0.2, -0.15) is 0 Å². The van der Waals surface area contributed by atoms with Gasteiger partial charge in [0.15, 0.2) is 0 Å². The van der Waals surface area contributed by atoms with Gasteiger partial charge in [-0.25, -0.2) is 4.98 Å². The molecule has 0 amide bonds. The average Bonchev–Trinajstić information content (AvgIpc) is 2.28. The highest BCUT2D eigenvalue weighted by atomic mass is 15.2. The predicted molar refractivity (Wildman–Crippen MR) is 68.0 cm³/mol. The summed E-state index contributed by atoms with van der Waals surface area (Å²) >= 11 is 0. The quantitative estimate of drug-likeness (QED) is 0.589. The third kappa shape index (κ3) is 2.95. The summed E-state index contributed by atoms with van der Waals surface area (Å²) in [7, 11) is 2.04. The molecular formula is C12H20N4. The molecule has 4 heteroatoms. The number of nitrogens with one attached hydrogen (secondary N) is 1. The zero-order valence-corrected chi connectivity index (χ0v) is 10.2. The number of pyridine rings is 1. The van der Waals surface area contributed by atoms with Gasteiger partial charge < -0.3 is 10.6 Å². The number of hydrogen-bond donors (Lipinski definition) is 2. The fraction of sp³-hybridized carbons (Fsp3) is 0.500. The van der Waals surface area contributed by atoms with Crippen LogP contribution in [0.15, 0.2) is 18.3 Å². The summed E-state index contributed by atoms with van der Waals surface area (Å²) in [5, 5.41) is 7.29. The van der Waals surface area contributed by atoms with Gasteiger partial charge in [-0.1, -0.05) is 13.3 Å². The molecule has 0 aliphatic rings. The van der Waals surface area contributed by atoms with Gasteiger partial charge in [-0.3, -0.25) is 5.41 Å². The lowest BCUT2D eigenvalue weighted by molar-refractivity contribution is 0.611. The van der Waals surface area contributed by atoms with Crippen molar-refractivity contribution in [2.45, 2.75) is 32.7 Å². The molecule has 16 heavy (non-hydrogen) atoms. The lowest BCUT2D eigenvalue weighted by atomic mass is 10.1. The smallest absolute Gasteiger partial charge is 0.128 e. The number of nitrogens with zero attached hydrogens (tertiary/aromatic N) is 2. The molecule has 0 radical (unpaired) electrons. The highest BCUT2D eigenvalue weighted by Gasteiger charge is 2.10. The first-order valence-electron chi connectivity index (χ1n) is 5.59. The molecule has 0 spiro atoms. The number of aromatic nitrogens is 1. The molecule has 1 rings (SSSR count). The molecular weight excluding hydrogens is 200 g/mol. The zero-order chi connectivity index (χ0) is 12.1. The zero-order valence-electron chi connectivity index (χ0n) is 10.2. The van der Waals surface area contributed by atoms with Gasteiger partial charge in [-0.15, -0.1) is 0 Å². The van der Waals surface area contributed by atoms with Crippen LogP contribution in [-0.4, -0.2) is 23.9 Å². The first kappa shape index (κ1) is 12.5. The van der Waals surface area contributed by atoms with Crippen LogP contribution in [0.4, 0.5) is 5.82 Å². The van der Waals surface area contributed by atoms with Crippen LogP contribution in [0.25, 0.3) is 0 Å². The van der Waals surface area contributed by atoms with Crippen LogP contribution in [0.2, 0.25) is 0 Å². The molecule has 0 saturated carbocycles. The molecule has 0 saturated heterocycles. The maximum Gasteiger partial charge on any atom is 0.128 e. The van der Waals surface area contributed by atoms with Crippen LogP contribution in [-0.2, 0) is 0 Å². The minimum Gasteiger partial charge on any atom is -0.384 e. The highest BCUT2D eigenvalue weighted by molar-refractivity contribution is 5.94. The largest absolute Gasteiger partial charge is 0.384 e. The molecule has 1 heterocycles. The van der Waals surface area contributed by atoms with Crippen LogP contribution in [0.1, 0.15) is 32.3 Å². The molecule has 1 aromatic rings. The van der Waals surface area contributed by atoms with Crippen molar-refractivity contribution in [3.05, 3.63) is 23.9 Å². The Morgan fingerprint density at radius 1 is 1.56 bits per heavy atom. The maximum absolute atomic E-state index is 7.29. The van der Waals surface area contributed by atoms with Gasteiger partial charge in [0, 0.05) is 24.8 Å². The Bertz CT molecular complexity index is 345. The van der Waals surface area contributed by atoms with E-state index in [0.29, 0.717) is 11.6 Å². The van der Waals surface area contributed by atoms with Gasteiger partial charge in [0.05, 0.1) is 0 Å². The van der Waals surface area contributed by atoms with Crippen molar-refractivity contribution in [3.8, 4) is 0 Å². The fourth-order valence-corrected chi connectivity index (χ4v) is 1.59. The van der Waals surface area contributed by atoms with E-state index >= 15 is 0 Å². The standard InChI is InChI=1S/C12H20N4/c1-4-5-9(2)16(3)11-7-6-10(8-15-11)12(13)14/h6-9H,4-5H2,1-3H3,(H3,13,14). The van der Waals surface area contributed by atoms with Crippen molar-refractivity contribution in [2.24, 2.45) is 5.73 Å². The molecule has 0 bridgehead atoms. The van der Waals surface area contributed by atoms with E-state index < -0.39 is 0 Å². The van der Waals surface area contributed by atoms with Gasteiger partial charge in [0.1, 0.15) is 11.7 Å². The second-order valence-corrected chi connectivity index (χ2v) is 4.07. The van der Waals surface area contributed by atoms with Crippen LogP contribution in [0.3, 0.4) is 0 Å². The Balaban J connectivity index is 2.77. The molecule has 0 aliphatic heterocycles. The van der Waals surface area contributed by atoms with Crippen molar-refractivity contribution >= 4 is 11.7 Å². The summed E-state index contributed by atoms with van der Waals surface area (Å²) in [6, 6.07) is 4.21. The van der Waals surface area contributed by atoms with Crippen molar-refractivity contribution in [2.75, 3.05) is 11.9 Å². The van der Waals surface area contributed by atoms with Crippen LogP contribution >= 0.6 is 0 Å². The molecule has 3 N–H and O–H groups in total. The molecule has 4 nitrogen and oxygen atoms in total. The molecule has 1 atom stereocenters. The number of nitrogen functional groups attached to an aromatic ring is 1. The third-order valence-corrected chi connectivity index (χ3v) is 2.79. The summed E-state index contributed by atoms with van der Waals surface area (Å²) in [4.78, 5) is 6.45. The number of amidine groups is 1. The number of hydrogen-bond acceptors (Lipinski definition) is 3. The van der Waals surface area contributed by atoms with Gasteiger partial charge >= 0.3 is 0 Å². The minimum absolute atomic E-state index is 0.0586. The van der Waals surface area contributed by atoms with Crippen LogP contribution < -0.4 is 10.6 Å². The van der Waals surface area contributed by atoms with E-state index in [9.17, 15) is 0 Å². The average molecular weight is 220 g/mol. The number of anilines is 1. The molecule has 0 aromatic carbocycles. The molecule has 88 valence electrons. The number of nitrogens with two attached hydrogens (primary N) is 1. The maximum atomic E-state index is 7.29. The Labute approximate surface area is 97.0 Å². The Morgan fingerprint density at radius 3 is 2.69 bits per heavy atom. The monoisotopic (exact) mass is 220 g/mol. The minimum atomic E-state index is 0.0586. The second kappa shape index (κ2) is 5.49. The van der Waals surface area contributed by atoms with E-state index in [1.54, 1.807) is 6.20 Å². The van der Waals surface area contributed by atoms with Gasteiger partial charge in [0.2, 0.25) is 0 Å². The fourth-order valence-electron chi connectivity index (χ4n) is 1.59. The van der Waals surface area contributed by atoms with E-state index in [4.69, 9.17) is 11.1 Å². The predicted octanol–water partition coefficient (Wildman–Crippen LogP) is 1.99. The third-order valence-electron chi connectivity index (χ3n) is 2.79.